The van der Waals surface area contributed by atoms with Crippen molar-refractivity contribution >= 4 is 26.3 Å². The van der Waals surface area contributed by atoms with Crippen LogP contribution in [-0.2, 0) is 16.4 Å². The Balaban J connectivity index is 1.45. The first-order valence-corrected chi connectivity index (χ1v) is 11.6. The number of benzene rings is 2. The Bertz CT molecular complexity index is 1270. The highest BCUT2D eigenvalue weighted by Gasteiger charge is 2.16. The highest BCUT2D eigenvalue weighted by Crippen LogP contribution is 2.23. The Kier molecular flexibility index (Phi) is 5.80. The van der Waals surface area contributed by atoms with Crippen molar-refractivity contribution in [1.29, 1.82) is 0 Å². The summed E-state index contributed by atoms with van der Waals surface area (Å²) < 4.78 is 48.5. The van der Waals surface area contributed by atoms with Crippen LogP contribution in [0.4, 0.5) is 4.39 Å². The minimum atomic E-state index is -3.64. The standard InChI is InChI=1S/C20H19FN4O3S2/c1-2-28-15-7-9-16(10-8-15)30(26,27)22-12-11-14-13-29-20-23-19(24-25(14)20)17-5-3-4-6-18(17)21/h3-10,13,22H,2,11-12H2,1H3. The minimum absolute atomic E-state index is 0.170. The lowest BCUT2D eigenvalue weighted by Crippen LogP contribution is -2.26. The van der Waals surface area contributed by atoms with Crippen molar-refractivity contribution in [3.05, 3.63) is 65.4 Å². The third-order valence-corrected chi connectivity index (χ3v) is 6.72. The quantitative estimate of drug-likeness (QED) is 0.448. The van der Waals surface area contributed by atoms with Crippen LogP contribution in [0.15, 0.2) is 58.8 Å². The lowest BCUT2D eigenvalue weighted by Gasteiger charge is -2.08. The third kappa shape index (κ3) is 4.20. The van der Waals surface area contributed by atoms with Gasteiger partial charge in [0.2, 0.25) is 15.0 Å². The van der Waals surface area contributed by atoms with E-state index in [0.29, 0.717) is 35.1 Å². The van der Waals surface area contributed by atoms with Crippen molar-refractivity contribution in [3.63, 3.8) is 0 Å². The molecule has 2 aromatic carbocycles. The van der Waals surface area contributed by atoms with Gasteiger partial charge in [-0.3, -0.25) is 0 Å². The molecule has 0 radical (unpaired) electrons. The molecule has 0 aliphatic heterocycles. The molecule has 0 fully saturated rings. The van der Waals surface area contributed by atoms with Gasteiger partial charge in [-0.05, 0) is 43.3 Å². The highest BCUT2D eigenvalue weighted by molar-refractivity contribution is 7.89. The molecule has 30 heavy (non-hydrogen) atoms. The summed E-state index contributed by atoms with van der Waals surface area (Å²) in [4.78, 5) is 5.17. The Hall–Kier alpha value is -2.82. The molecule has 4 rings (SSSR count). The molecule has 0 atom stereocenters. The monoisotopic (exact) mass is 446 g/mol. The number of aromatic nitrogens is 3. The predicted octanol–water partition coefficient (Wildman–Crippen LogP) is 3.52. The van der Waals surface area contributed by atoms with Crippen LogP contribution < -0.4 is 9.46 Å². The number of hydrogen-bond acceptors (Lipinski definition) is 6. The molecule has 10 heteroatoms. The molecule has 0 spiro atoms. The molecule has 2 heterocycles. The van der Waals surface area contributed by atoms with Crippen LogP contribution in [0, 0.1) is 5.82 Å². The second-order valence-corrected chi connectivity index (χ2v) is 8.99. The first-order valence-electron chi connectivity index (χ1n) is 9.28. The molecule has 1 N–H and O–H groups in total. The summed E-state index contributed by atoms with van der Waals surface area (Å²) in [6.07, 6.45) is 0.413. The van der Waals surface area contributed by atoms with Gasteiger partial charge in [-0.1, -0.05) is 12.1 Å². The van der Waals surface area contributed by atoms with Gasteiger partial charge in [0.25, 0.3) is 0 Å². The van der Waals surface area contributed by atoms with Crippen LogP contribution in [0.2, 0.25) is 0 Å². The molecule has 2 aromatic heterocycles. The van der Waals surface area contributed by atoms with Gasteiger partial charge < -0.3 is 4.74 Å². The van der Waals surface area contributed by atoms with Gasteiger partial charge in [0, 0.05) is 18.3 Å². The van der Waals surface area contributed by atoms with E-state index in [4.69, 9.17) is 4.74 Å². The molecule has 0 aliphatic rings. The average molecular weight is 447 g/mol. The van der Waals surface area contributed by atoms with Crippen LogP contribution in [0.3, 0.4) is 0 Å². The fourth-order valence-electron chi connectivity index (χ4n) is 2.93. The smallest absolute Gasteiger partial charge is 0.240 e. The number of sulfonamides is 1. The molecule has 0 amide bonds. The van der Waals surface area contributed by atoms with Gasteiger partial charge in [-0.25, -0.2) is 22.0 Å². The van der Waals surface area contributed by atoms with E-state index in [1.807, 2.05) is 12.3 Å². The number of nitrogens with zero attached hydrogens (tertiary/aromatic N) is 3. The summed E-state index contributed by atoms with van der Waals surface area (Å²) in [5.41, 5.74) is 1.12. The van der Waals surface area contributed by atoms with E-state index in [0.717, 1.165) is 5.69 Å². The van der Waals surface area contributed by atoms with Gasteiger partial charge in [0.15, 0.2) is 5.82 Å². The molecule has 156 valence electrons. The van der Waals surface area contributed by atoms with Crippen molar-refractivity contribution in [2.45, 2.75) is 18.2 Å². The summed E-state index contributed by atoms with van der Waals surface area (Å²) >= 11 is 1.37. The predicted molar refractivity (Wildman–Crippen MR) is 113 cm³/mol. The molecule has 0 saturated heterocycles. The van der Waals surface area contributed by atoms with Gasteiger partial charge in [-0.2, -0.15) is 4.98 Å². The van der Waals surface area contributed by atoms with Crippen LogP contribution in [-0.4, -0.2) is 36.2 Å². The van der Waals surface area contributed by atoms with Gasteiger partial charge in [-0.15, -0.1) is 16.4 Å². The SMILES string of the molecule is CCOc1ccc(S(=O)(=O)NCCc2csc3nc(-c4ccccc4F)nn23)cc1. The van der Waals surface area contributed by atoms with Crippen LogP contribution in [0.25, 0.3) is 16.3 Å². The second kappa shape index (κ2) is 8.50. The number of hydrogen-bond donors (Lipinski definition) is 1. The molecule has 4 aromatic rings. The number of nitrogens with one attached hydrogen (secondary N) is 1. The second-order valence-electron chi connectivity index (χ2n) is 6.39. The fraction of sp³-hybridized carbons (Fsp3) is 0.200. The first kappa shape index (κ1) is 20.5. The summed E-state index contributed by atoms with van der Waals surface area (Å²) in [7, 11) is -3.64. The first-order chi connectivity index (χ1) is 14.5. The zero-order valence-electron chi connectivity index (χ0n) is 16.1. The molecular formula is C20H19FN4O3S2. The van der Waals surface area contributed by atoms with E-state index in [2.05, 4.69) is 14.8 Å². The Labute approximate surface area is 177 Å². The topological polar surface area (TPSA) is 85.6 Å². The van der Waals surface area contributed by atoms with Crippen molar-refractivity contribution in [1.82, 2.24) is 19.3 Å². The van der Waals surface area contributed by atoms with E-state index in [-0.39, 0.29) is 17.3 Å². The van der Waals surface area contributed by atoms with Crippen molar-refractivity contribution in [3.8, 4) is 17.1 Å². The van der Waals surface area contributed by atoms with E-state index < -0.39 is 10.0 Å². The number of fused-ring (bicyclic) bond motifs is 1. The zero-order chi connectivity index (χ0) is 21.1. The van der Waals surface area contributed by atoms with Gasteiger partial charge >= 0.3 is 0 Å². The van der Waals surface area contributed by atoms with Gasteiger partial charge in [0.05, 0.1) is 22.8 Å². The lowest BCUT2D eigenvalue weighted by molar-refractivity contribution is 0.340. The zero-order valence-corrected chi connectivity index (χ0v) is 17.7. The Morgan fingerprint density at radius 3 is 2.67 bits per heavy atom. The van der Waals surface area contributed by atoms with Crippen molar-refractivity contribution < 1.29 is 17.5 Å². The van der Waals surface area contributed by atoms with E-state index >= 15 is 0 Å². The largest absolute Gasteiger partial charge is 0.494 e. The van der Waals surface area contributed by atoms with Gasteiger partial charge in [0.1, 0.15) is 11.6 Å². The molecule has 0 bridgehead atoms. The highest BCUT2D eigenvalue weighted by atomic mass is 32.2. The average Bonchev–Trinajstić information content (AvgIpc) is 3.31. The molecule has 0 saturated carbocycles. The van der Waals surface area contributed by atoms with Crippen molar-refractivity contribution in [2.24, 2.45) is 0 Å². The van der Waals surface area contributed by atoms with E-state index in [1.165, 1.54) is 29.5 Å². The maximum absolute atomic E-state index is 14.0. The normalized spacial score (nSPS) is 11.8. The molecule has 7 nitrogen and oxygen atoms in total. The summed E-state index contributed by atoms with van der Waals surface area (Å²) in [6.45, 7) is 2.57. The minimum Gasteiger partial charge on any atom is -0.494 e. The molecular weight excluding hydrogens is 427 g/mol. The third-order valence-electron chi connectivity index (χ3n) is 4.38. The lowest BCUT2D eigenvalue weighted by atomic mass is 10.2. The Morgan fingerprint density at radius 1 is 1.17 bits per heavy atom. The van der Waals surface area contributed by atoms with Crippen molar-refractivity contribution in [2.75, 3.05) is 13.2 Å². The number of rotatable bonds is 8. The molecule has 0 unspecified atom stereocenters. The number of halogens is 1. The van der Waals surface area contributed by atoms with Crippen LogP contribution >= 0.6 is 11.3 Å². The van der Waals surface area contributed by atoms with E-state index in [1.54, 1.807) is 34.8 Å². The summed E-state index contributed by atoms with van der Waals surface area (Å²) in [6, 6.07) is 12.6. The summed E-state index contributed by atoms with van der Waals surface area (Å²) in [5.74, 6) is 0.533. The van der Waals surface area contributed by atoms with E-state index in [9.17, 15) is 12.8 Å². The summed E-state index contributed by atoms with van der Waals surface area (Å²) in [5, 5.41) is 6.26. The molecule has 0 aliphatic carbocycles. The maximum atomic E-state index is 14.0. The maximum Gasteiger partial charge on any atom is 0.240 e. The number of thiazole rings is 1. The Morgan fingerprint density at radius 2 is 1.93 bits per heavy atom. The fourth-order valence-corrected chi connectivity index (χ4v) is 4.82. The van der Waals surface area contributed by atoms with Crippen LogP contribution in [0.5, 0.6) is 5.75 Å². The van der Waals surface area contributed by atoms with Crippen LogP contribution in [0.1, 0.15) is 12.6 Å². The number of ether oxygens (including phenoxy) is 1.